The summed E-state index contributed by atoms with van der Waals surface area (Å²) >= 11 is 1.63. The van der Waals surface area contributed by atoms with E-state index >= 15 is 8.78 Å². The number of Topliss-reactive ketones (excluding diaryl/α,β-unsaturated/α-hetero) is 1. The van der Waals surface area contributed by atoms with Gasteiger partial charge in [-0.2, -0.15) is 0 Å². The van der Waals surface area contributed by atoms with Crippen LogP contribution in [0.15, 0.2) is 41.3 Å². The average molecular weight is 534 g/mol. The molecule has 2 heterocycles. The third-order valence-electron chi connectivity index (χ3n) is 11.6. The molecule has 1 N–H and O–H groups in total. The molecule has 3 saturated carbocycles. The number of thiophene rings is 1. The lowest BCUT2D eigenvalue weighted by atomic mass is 9.38. The molecule has 8 heteroatoms. The lowest BCUT2D eigenvalue weighted by Crippen LogP contribution is -2.72. The number of nitrogens with zero attached hydrogens (tertiary/aromatic N) is 1. The van der Waals surface area contributed by atoms with Crippen LogP contribution in [0.1, 0.15) is 44.9 Å². The van der Waals surface area contributed by atoms with E-state index < -0.39 is 58.0 Å². The van der Waals surface area contributed by atoms with Crippen LogP contribution in [0.5, 0.6) is 0 Å². The highest BCUT2D eigenvalue weighted by molar-refractivity contribution is 7.09. The fourth-order valence-electron chi connectivity index (χ4n) is 9.72. The molecule has 0 amide bonds. The first kappa shape index (κ1) is 25.5. The highest BCUT2D eigenvalue weighted by atomic mass is 32.1. The largest absolute Gasteiger partial charge is 0.390 e. The lowest BCUT2D eigenvalue weighted by Gasteiger charge is -2.67. The first-order valence-electron chi connectivity index (χ1n) is 13.2. The van der Waals surface area contributed by atoms with Gasteiger partial charge in [0.15, 0.2) is 17.2 Å². The van der Waals surface area contributed by atoms with E-state index in [4.69, 9.17) is 0 Å². The standard InChI is InChI=1S/C29H34F3NO3S/c1-25-7-6-18(34)9-20(25)21(31)10-22-26(2)11-17-14-33(15-19-5-4-8-37-19)16-28(17,24(36)13-30)27(26,3)12-23(35)29(22,25)32/h4-9,17,21-23,35H,10-16H2,1-3H3/t17-,21-,22-,23-,25-,26-,27-,28+,29-/m0/s1. The van der Waals surface area contributed by atoms with Crippen molar-refractivity contribution >= 4 is 22.9 Å². The van der Waals surface area contributed by atoms with Gasteiger partial charge in [0.2, 0.25) is 0 Å². The van der Waals surface area contributed by atoms with Gasteiger partial charge in [-0.1, -0.05) is 26.0 Å². The van der Waals surface area contributed by atoms with Crippen LogP contribution in [0, 0.1) is 33.5 Å². The van der Waals surface area contributed by atoms with E-state index in [1.165, 1.54) is 18.2 Å². The highest BCUT2D eigenvalue weighted by Crippen LogP contribution is 2.79. The number of hydrogen-bond donors (Lipinski definition) is 1. The Balaban J connectivity index is 1.46. The first-order valence-corrected chi connectivity index (χ1v) is 14.1. The number of carbonyl (C=O) groups excluding carboxylic acids is 2. The van der Waals surface area contributed by atoms with Gasteiger partial charge in [-0.15, -0.1) is 11.3 Å². The van der Waals surface area contributed by atoms with Gasteiger partial charge in [0.1, 0.15) is 12.8 Å². The van der Waals surface area contributed by atoms with Crippen molar-refractivity contribution in [1.29, 1.82) is 0 Å². The van der Waals surface area contributed by atoms with Crippen LogP contribution in [0.3, 0.4) is 0 Å². The molecule has 1 saturated heterocycles. The number of aliphatic hydroxyl groups is 1. The number of alkyl halides is 3. The molecule has 4 aliphatic carbocycles. The average Bonchev–Trinajstić information content (AvgIpc) is 3.53. The zero-order chi connectivity index (χ0) is 26.6. The number of hydrogen-bond acceptors (Lipinski definition) is 5. The van der Waals surface area contributed by atoms with Gasteiger partial charge >= 0.3 is 0 Å². The number of carbonyl (C=O) groups is 2. The Morgan fingerprint density at radius 1 is 1.27 bits per heavy atom. The number of likely N-dealkylation sites (tertiary alicyclic amines) is 1. The molecule has 0 aromatic carbocycles. The van der Waals surface area contributed by atoms with E-state index in [9.17, 15) is 19.1 Å². The second-order valence-electron chi connectivity index (χ2n) is 12.7. The van der Waals surface area contributed by atoms with Crippen LogP contribution in [0.25, 0.3) is 0 Å². The summed E-state index contributed by atoms with van der Waals surface area (Å²) < 4.78 is 47.7. The molecule has 4 nitrogen and oxygen atoms in total. The number of rotatable bonds is 4. The number of fused-ring (bicyclic) bond motifs is 7. The number of allylic oxidation sites excluding steroid dienone is 4. The molecular weight excluding hydrogens is 499 g/mol. The van der Waals surface area contributed by atoms with Crippen LogP contribution in [-0.4, -0.2) is 59.3 Å². The van der Waals surface area contributed by atoms with Crippen LogP contribution in [-0.2, 0) is 16.1 Å². The molecule has 37 heavy (non-hydrogen) atoms. The number of aliphatic hydroxyl groups excluding tert-OH is 1. The maximum atomic E-state index is 17.6. The van der Waals surface area contributed by atoms with Crippen molar-refractivity contribution in [3.8, 4) is 0 Å². The fourth-order valence-corrected chi connectivity index (χ4v) is 10.5. The van der Waals surface area contributed by atoms with Crippen molar-refractivity contribution in [1.82, 2.24) is 4.90 Å². The molecule has 1 aromatic rings. The quantitative estimate of drug-likeness (QED) is 0.590. The molecule has 5 aliphatic rings. The first-order chi connectivity index (χ1) is 17.4. The van der Waals surface area contributed by atoms with Crippen LogP contribution < -0.4 is 0 Å². The van der Waals surface area contributed by atoms with Crippen molar-refractivity contribution < 1.29 is 27.9 Å². The predicted molar refractivity (Wildman–Crippen MR) is 135 cm³/mol. The van der Waals surface area contributed by atoms with E-state index in [0.717, 1.165) is 4.88 Å². The van der Waals surface area contributed by atoms with Gasteiger partial charge in [0, 0.05) is 35.8 Å². The Hall–Kier alpha value is -1.77. The number of ketones is 2. The molecule has 1 aliphatic heterocycles. The lowest BCUT2D eigenvalue weighted by molar-refractivity contribution is -0.242. The minimum Gasteiger partial charge on any atom is -0.390 e. The summed E-state index contributed by atoms with van der Waals surface area (Å²) in [7, 11) is 0. The smallest absolute Gasteiger partial charge is 0.178 e. The van der Waals surface area contributed by atoms with Gasteiger partial charge in [0.25, 0.3) is 0 Å². The van der Waals surface area contributed by atoms with Crippen molar-refractivity contribution in [3.05, 3.63) is 46.2 Å². The fraction of sp³-hybridized carbons (Fsp3) is 0.655. The molecule has 200 valence electrons. The molecule has 0 unspecified atom stereocenters. The van der Waals surface area contributed by atoms with Gasteiger partial charge in [0.05, 0.1) is 11.5 Å². The van der Waals surface area contributed by atoms with Gasteiger partial charge in [-0.25, -0.2) is 13.2 Å². The molecular formula is C29H34F3NO3S. The Kier molecular flexibility index (Phi) is 5.44. The summed E-state index contributed by atoms with van der Waals surface area (Å²) in [5.41, 5.74) is -6.48. The minimum atomic E-state index is -2.22. The Morgan fingerprint density at radius 2 is 2.03 bits per heavy atom. The summed E-state index contributed by atoms with van der Waals surface area (Å²) in [6.07, 6.45) is 1.12. The SMILES string of the molecule is C[C@]12C[C@H](O)[C@@]3(F)[C@@H](C[C@H](F)C4=CC(=O)C=C[C@@]43C)[C@]1(C)C[C@H]1CN(Cc3cccs3)C[C@]12C(=O)CF. The summed E-state index contributed by atoms with van der Waals surface area (Å²) in [6.45, 7) is 5.90. The zero-order valence-electron chi connectivity index (χ0n) is 21.5. The van der Waals surface area contributed by atoms with Crippen molar-refractivity contribution in [2.75, 3.05) is 19.8 Å². The summed E-state index contributed by atoms with van der Waals surface area (Å²) in [6, 6.07) is 4.01. The normalized spacial score (nSPS) is 48.7. The zero-order valence-corrected chi connectivity index (χ0v) is 22.3. The highest BCUT2D eigenvalue weighted by Gasteiger charge is 2.82. The van der Waals surface area contributed by atoms with Gasteiger partial charge in [-0.05, 0) is 72.1 Å². The Labute approximate surface area is 219 Å². The van der Waals surface area contributed by atoms with Crippen molar-refractivity contribution in [2.45, 2.75) is 64.5 Å². The predicted octanol–water partition coefficient (Wildman–Crippen LogP) is 5.02. The number of halogens is 3. The summed E-state index contributed by atoms with van der Waals surface area (Å²) in [5.74, 6) is -1.98. The summed E-state index contributed by atoms with van der Waals surface area (Å²) in [4.78, 5) is 29.0. The molecule has 4 fully saturated rings. The Morgan fingerprint density at radius 3 is 2.70 bits per heavy atom. The van der Waals surface area contributed by atoms with E-state index in [1.54, 1.807) is 18.3 Å². The second-order valence-corrected chi connectivity index (χ2v) is 13.7. The van der Waals surface area contributed by atoms with Gasteiger partial charge in [-0.3, -0.25) is 14.5 Å². The van der Waals surface area contributed by atoms with Crippen molar-refractivity contribution in [2.24, 2.45) is 33.5 Å². The molecule has 6 rings (SSSR count). The summed E-state index contributed by atoms with van der Waals surface area (Å²) in [5, 5.41) is 13.6. The second kappa shape index (κ2) is 7.89. The van der Waals surface area contributed by atoms with Gasteiger partial charge < -0.3 is 5.11 Å². The van der Waals surface area contributed by atoms with E-state index in [-0.39, 0.29) is 30.1 Å². The third-order valence-corrected chi connectivity index (χ3v) is 12.4. The van der Waals surface area contributed by atoms with Crippen LogP contribution in [0.4, 0.5) is 13.2 Å². The van der Waals surface area contributed by atoms with E-state index in [2.05, 4.69) is 4.90 Å². The molecule has 9 atom stereocenters. The van der Waals surface area contributed by atoms with Crippen LogP contribution >= 0.6 is 11.3 Å². The van der Waals surface area contributed by atoms with E-state index in [0.29, 0.717) is 26.1 Å². The topological polar surface area (TPSA) is 57.6 Å². The van der Waals surface area contributed by atoms with Crippen molar-refractivity contribution in [3.63, 3.8) is 0 Å². The molecule has 0 bridgehead atoms. The van der Waals surface area contributed by atoms with E-state index in [1.807, 2.05) is 31.4 Å². The molecule has 0 radical (unpaired) electrons. The molecule has 1 aromatic heterocycles. The minimum absolute atomic E-state index is 0.0206. The maximum Gasteiger partial charge on any atom is 0.178 e. The third kappa shape index (κ3) is 2.87. The molecule has 0 spiro atoms. The maximum absolute atomic E-state index is 17.6. The van der Waals surface area contributed by atoms with Crippen LogP contribution in [0.2, 0.25) is 0 Å². The monoisotopic (exact) mass is 533 g/mol. The Bertz CT molecular complexity index is 1220.